The molecule has 3 aromatic heterocycles. The Morgan fingerprint density at radius 3 is 2.59 bits per heavy atom. The fourth-order valence-corrected chi connectivity index (χ4v) is 5.54. The third-order valence-electron chi connectivity index (χ3n) is 7.70. The van der Waals surface area contributed by atoms with E-state index in [1.54, 1.807) is 42.1 Å². The van der Waals surface area contributed by atoms with Gasteiger partial charge in [-0.3, -0.25) is 9.59 Å². The third-order valence-corrected chi connectivity index (χ3v) is 7.70. The van der Waals surface area contributed by atoms with Crippen LogP contribution in [-0.2, 0) is 34.8 Å². The van der Waals surface area contributed by atoms with Crippen LogP contribution < -0.4 is 22.5 Å². The fourth-order valence-electron chi connectivity index (χ4n) is 5.54. The second-order valence-electron chi connectivity index (χ2n) is 10.0. The van der Waals surface area contributed by atoms with Gasteiger partial charge in [-0.25, -0.2) is 14.3 Å². The van der Waals surface area contributed by atoms with E-state index in [2.05, 4.69) is 6.07 Å². The number of hydrogen-bond donors (Lipinski definition) is 2. The summed E-state index contributed by atoms with van der Waals surface area (Å²) in [7, 11) is 0. The molecule has 0 fully saturated rings. The van der Waals surface area contributed by atoms with Gasteiger partial charge in [-0.05, 0) is 37.1 Å². The summed E-state index contributed by atoms with van der Waals surface area (Å²) >= 11 is 0. The largest absolute Gasteiger partial charge is 1.00 e. The van der Waals surface area contributed by atoms with E-state index in [0.717, 1.165) is 27.6 Å². The number of rotatable bonds is 4. The number of esters is 1. The molecule has 0 saturated carbocycles. The van der Waals surface area contributed by atoms with Gasteiger partial charge in [-0.1, -0.05) is 18.6 Å². The molecule has 10 heteroatoms. The lowest BCUT2D eigenvalue weighted by Gasteiger charge is -2.26. The van der Waals surface area contributed by atoms with E-state index < -0.39 is 17.5 Å². The van der Waals surface area contributed by atoms with Crippen LogP contribution in [0, 0.1) is 6.92 Å². The number of carboxylic acid groups (broad SMARTS) is 1. The van der Waals surface area contributed by atoms with Crippen LogP contribution in [0.1, 0.15) is 57.9 Å². The summed E-state index contributed by atoms with van der Waals surface area (Å²) in [6.45, 7) is 4.34. The number of carboxylic acids is 1. The number of hydrogen-bond acceptors (Lipinski definition) is 6. The average Bonchev–Trinajstić information content (AvgIpc) is 3.20. The van der Waals surface area contributed by atoms with Gasteiger partial charge in [0.1, 0.15) is 12.2 Å². The van der Waals surface area contributed by atoms with Crippen molar-refractivity contribution in [1.82, 2.24) is 9.55 Å². The number of fused-ring (bicyclic) bond motifs is 5. The van der Waals surface area contributed by atoms with Crippen LogP contribution in [0.25, 0.3) is 22.3 Å². The number of aromatic carboxylic acids is 1. The first-order valence-corrected chi connectivity index (χ1v) is 12.5. The minimum atomic E-state index is -1.50. The van der Waals surface area contributed by atoms with E-state index in [1.165, 1.54) is 0 Å². The zero-order valence-electron chi connectivity index (χ0n) is 21.4. The van der Waals surface area contributed by atoms with Gasteiger partial charge in [0.05, 0.1) is 41.0 Å². The molecule has 1 unspecified atom stereocenters. The van der Waals surface area contributed by atoms with Crippen molar-refractivity contribution in [3.8, 4) is 11.4 Å². The Kier molecular flexibility index (Phi) is 6.52. The normalized spacial score (nSPS) is 17.5. The molecular weight excluding hydrogens is 522 g/mol. The SMILES string of the molecule is CCC1(O)CC(=O)OCc2c1cc1n(c2=O)Cc2c-1nc1ccc(C)cc1c2C[n+]1ccc(C(=O)O)cc1.[Cl-]. The smallest absolute Gasteiger partial charge is 0.336 e. The molecule has 2 N–H and O–H groups in total. The summed E-state index contributed by atoms with van der Waals surface area (Å²) < 4.78 is 8.82. The molecule has 1 aromatic carbocycles. The molecule has 0 aliphatic carbocycles. The molecule has 1 atom stereocenters. The maximum atomic E-state index is 13.7. The zero-order chi connectivity index (χ0) is 26.8. The predicted molar refractivity (Wildman–Crippen MR) is 137 cm³/mol. The maximum Gasteiger partial charge on any atom is 0.336 e. The number of ether oxygens (including phenoxy) is 1. The quantitative estimate of drug-likeness (QED) is 0.236. The predicted octanol–water partition coefficient (Wildman–Crippen LogP) is -0.184. The number of pyridine rings is 3. The van der Waals surface area contributed by atoms with Crippen molar-refractivity contribution < 1.29 is 41.5 Å². The lowest BCUT2D eigenvalue weighted by atomic mass is 9.85. The molecule has 5 heterocycles. The van der Waals surface area contributed by atoms with Gasteiger partial charge >= 0.3 is 11.9 Å². The lowest BCUT2D eigenvalue weighted by Crippen LogP contribution is -3.00. The van der Waals surface area contributed by atoms with Crippen molar-refractivity contribution in [2.45, 2.75) is 52.0 Å². The summed E-state index contributed by atoms with van der Waals surface area (Å²) in [5, 5.41) is 21.6. The van der Waals surface area contributed by atoms with Crippen LogP contribution in [0.5, 0.6) is 0 Å². The van der Waals surface area contributed by atoms with E-state index in [4.69, 9.17) is 9.72 Å². The second-order valence-corrected chi connectivity index (χ2v) is 10.0. The molecule has 0 bridgehead atoms. The van der Waals surface area contributed by atoms with Gasteiger partial charge in [-0.2, -0.15) is 0 Å². The maximum absolute atomic E-state index is 13.7. The van der Waals surface area contributed by atoms with Crippen molar-refractivity contribution in [1.29, 1.82) is 0 Å². The zero-order valence-corrected chi connectivity index (χ0v) is 22.2. The molecule has 0 radical (unpaired) electrons. The Labute approximate surface area is 229 Å². The highest BCUT2D eigenvalue weighted by atomic mass is 35.5. The number of aromatic nitrogens is 3. The van der Waals surface area contributed by atoms with Crippen LogP contribution in [0.4, 0.5) is 0 Å². The topological polar surface area (TPSA) is 123 Å². The van der Waals surface area contributed by atoms with Crippen LogP contribution in [0.3, 0.4) is 0 Å². The van der Waals surface area contributed by atoms with Crippen molar-refractivity contribution in [3.63, 3.8) is 0 Å². The van der Waals surface area contributed by atoms with Crippen LogP contribution >= 0.6 is 0 Å². The van der Waals surface area contributed by atoms with Crippen molar-refractivity contribution in [2.75, 3.05) is 0 Å². The van der Waals surface area contributed by atoms with E-state index in [9.17, 15) is 24.6 Å². The summed E-state index contributed by atoms with van der Waals surface area (Å²) in [4.78, 5) is 42.2. The summed E-state index contributed by atoms with van der Waals surface area (Å²) in [5.74, 6) is -1.53. The molecule has 0 amide bonds. The van der Waals surface area contributed by atoms with E-state index >= 15 is 0 Å². The number of aryl methyl sites for hydroxylation is 1. The minimum absolute atomic E-state index is 0. The van der Waals surface area contributed by atoms with E-state index in [-0.39, 0.29) is 55.1 Å². The van der Waals surface area contributed by atoms with Gasteiger partial charge < -0.3 is 31.9 Å². The Hall–Kier alpha value is -4.08. The van der Waals surface area contributed by atoms with Gasteiger partial charge in [0.25, 0.3) is 5.56 Å². The molecule has 0 spiro atoms. The van der Waals surface area contributed by atoms with Gasteiger partial charge in [0.15, 0.2) is 18.9 Å². The number of aliphatic hydroxyl groups is 1. The molecule has 39 heavy (non-hydrogen) atoms. The molecule has 2 aliphatic rings. The molecule has 9 nitrogen and oxygen atoms in total. The molecule has 2 aliphatic heterocycles. The summed E-state index contributed by atoms with van der Waals surface area (Å²) in [5.41, 5.74) is 4.08. The highest BCUT2D eigenvalue weighted by molar-refractivity contribution is 5.89. The Bertz CT molecular complexity index is 1730. The van der Waals surface area contributed by atoms with Crippen LogP contribution in [-0.4, -0.2) is 31.7 Å². The van der Waals surface area contributed by atoms with E-state index in [0.29, 0.717) is 23.5 Å². The monoisotopic (exact) mass is 547 g/mol. The molecular formula is C29H26ClN3O6. The number of cyclic esters (lactones) is 1. The number of carbonyl (C=O) groups is 2. The molecule has 0 saturated heterocycles. The molecule has 200 valence electrons. The average molecular weight is 548 g/mol. The van der Waals surface area contributed by atoms with Crippen LogP contribution in [0.15, 0.2) is 53.6 Å². The molecule has 6 rings (SSSR count). The van der Waals surface area contributed by atoms with Gasteiger partial charge in [0, 0.05) is 28.6 Å². The summed E-state index contributed by atoms with van der Waals surface area (Å²) in [6.07, 6.45) is 3.49. The fraction of sp³-hybridized carbons (Fsp3) is 0.276. The second kappa shape index (κ2) is 9.59. The first-order valence-electron chi connectivity index (χ1n) is 12.5. The highest BCUT2D eigenvalue weighted by Gasteiger charge is 2.40. The van der Waals surface area contributed by atoms with Gasteiger partial charge in [0.2, 0.25) is 0 Å². The van der Waals surface area contributed by atoms with Gasteiger partial charge in [-0.15, -0.1) is 0 Å². The lowest BCUT2D eigenvalue weighted by molar-refractivity contribution is -0.688. The first kappa shape index (κ1) is 26.5. The van der Waals surface area contributed by atoms with Crippen molar-refractivity contribution in [2.24, 2.45) is 0 Å². The Balaban J connectivity index is 0.00000308. The highest BCUT2D eigenvalue weighted by Crippen LogP contribution is 2.40. The number of halogens is 1. The number of benzene rings is 1. The molecule has 4 aromatic rings. The van der Waals surface area contributed by atoms with E-state index in [1.807, 2.05) is 23.6 Å². The first-order chi connectivity index (χ1) is 18.2. The van der Waals surface area contributed by atoms with Crippen molar-refractivity contribution >= 4 is 22.8 Å². The standard InChI is InChI=1S/C29H25N3O6.ClH/c1-3-29(37)12-25(33)38-15-21-22(29)11-24-26-20(14-32(24)27(21)34)19(18-10-16(2)4-5-23(18)30-26)13-31-8-6-17(7-9-31)28(35)36;/h4-11,37H,3,12-15H2,1-2H3;1H. The number of nitrogens with zero attached hydrogens (tertiary/aromatic N) is 3. The third kappa shape index (κ3) is 4.27. The van der Waals surface area contributed by atoms with Crippen LogP contribution in [0.2, 0.25) is 0 Å². The number of carbonyl (C=O) groups excluding carboxylic acids is 1. The minimum Gasteiger partial charge on any atom is -1.00 e. The summed E-state index contributed by atoms with van der Waals surface area (Å²) in [6, 6.07) is 10.9. The Morgan fingerprint density at radius 2 is 1.90 bits per heavy atom. The van der Waals surface area contributed by atoms with Crippen molar-refractivity contribution in [3.05, 3.63) is 92.5 Å². The Morgan fingerprint density at radius 1 is 1.15 bits per heavy atom.